The molecule has 2 aromatic heterocycles. The third kappa shape index (κ3) is 4.41. The lowest BCUT2D eigenvalue weighted by molar-refractivity contribution is -0.134. The maximum absolute atomic E-state index is 13.0. The summed E-state index contributed by atoms with van der Waals surface area (Å²) in [5.41, 5.74) is 2.45. The van der Waals surface area contributed by atoms with Gasteiger partial charge < -0.3 is 15.2 Å². The molecule has 4 nitrogen and oxygen atoms in total. The van der Waals surface area contributed by atoms with Crippen molar-refractivity contribution in [2.45, 2.75) is 57.0 Å². The maximum Gasteiger partial charge on any atom is 0.239 e. The number of rotatable bonds is 7. The van der Waals surface area contributed by atoms with E-state index in [4.69, 9.17) is 0 Å². The highest BCUT2D eigenvalue weighted by Crippen LogP contribution is 2.33. The lowest BCUT2D eigenvalue weighted by Crippen LogP contribution is -2.48. The molecule has 1 aliphatic rings. The molecular formula is C24H31N3OS. The van der Waals surface area contributed by atoms with Crippen LogP contribution in [0.15, 0.2) is 48.0 Å². The van der Waals surface area contributed by atoms with E-state index in [9.17, 15) is 4.79 Å². The average Bonchev–Trinajstić information content (AvgIpc) is 3.44. The third-order valence-corrected chi connectivity index (χ3v) is 7.34. The van der Waals surface area contributed by atoms with E-state index < -0.39 is 0 Å². The molecule has 4 rings (SSSR count). The van der Waals surface area contributed by atoms with Crippen molar-refractivity contribution < 1.29 is 4.79 Å². The number of H-pyrrole nitrogens is 1. The smallest absolute Gasteiger partial charge is 0.239 e. The van der Waals surface area contributed by atoms with Crippen LogP contribution >= 0.6 is 11.3 Å². The molecule has 2 N–H and O–H groups in total. The first kappa shape index (κ1) is 20.2. The fourth-order valence-electron chi connectivity index (χ4n) is 4.57. The predicted molar refractivity (Wildman–Crippen MR) is 122 cm³/mol. The Hall–Kier alpha value is -2.11. The van der Waals surface area contributed by atoms with Gasteiger partial charge in [-0.1, -0.05) is 43.5 Å². The van der Waals surface area contributed by atoms with Crippen LogP contribution < -0.4 is 5.32 Å². The van der Waals surface area contributed by atoms with E-state index in [0.29, 0.717) is 6.04 Å². The quantitative estimate of drug-likeness (QED) is 0.568. The maximum atomic E-state index is 13.0. The lowest BCUT2D eigenvalue weighted by Gasteiger charge is -2.33. The van der Waals surface area contributed by atoms with Crippen LogP contribution in [0.4, 0.5) is 0 Å². The number of nitrogens with one attached hydrogen (secondary N) is 2. The van der Waals surface area contributed by atoms with Gasteiger partial charge in [0.15, 0.2) is 0 Å². The van der Waals surface area contributed by atoms with Crippen molar-refractivity contribution in [1.29, 1.82) is 0 Å². The zero-order chi connectivity index (χ0) is 20.2. The second kappa shape index (κ2) is 9.14. The highest BCUT2D eigenvalue weighted by atomic mass is 32.1. The van der Waals surface area contributed by atoms with Crippen molar-refractivity contribution >= 4 is 28.1 Å². The topological polar surface area (TPSA) is 48.1 Å². The minimum absolute atomic E-state index is 0.186. The van der Waals surface area contributed by atoms with Crippen LogP contribution in [-0.2, 0) is 4.79 Å². The summed E-state index contributed by atoms with van der Waals surface area (Å²) >= 11 is 1.78. The average molecular weight is 410 g/mol. The molecule has 0 spiro atoms. The fourth-order valence-corrected chi connectivity index (χ4v) is 5.42. The lowest BCUT2D eigenvalue weighted by atomic mass is 9.94. The molecule has 0 bridgehead atoms. The number of carbonyl (C=O) groups is 1. The first-order valence-corrected chi connectivity index (χ1v) is 11.6. The van der Waals surface area contributed by atoms with Crippen LogP contribution in [0, 0.1) is 0 Å². The van der Waals surface area contributed by atoms with E-state index >= 15 is 0 Å². The summed E-state index contributed by atoms with van der Waals surface area (Å²) < 4.78 is 0. The van der Waals surface area contributed by atoms with Gasteiger partial charge in [0.2, 0.25) is 5.91 Å². The number of benzene rings is 1. The van der Waals surface area contributed by atoms with Gasteiger partial charge in [-0.25, -0.2) is 0 Å². The fraction of sp³-hybridized carbons (Fsp3) is 0.458. The number of nitrogens with zero attached hydrogens (tertiary/aromatic N) is 1. The molecule has 154 valence electrons. The zero-order valence-corrected chi connectivity index (χ0v) is 18.2. The van der Waals surface area contributed by atoms with Crippen molar-refractivity contribution in [1.82, 2.24) is 15.2 Å². The summed E-state index contributed by atoms with van der Waals surface area (Å²) in [6.45, 7) is 2.75. The number of likely N-dealkylation sites (N-methyl/N-ethyl adjacent to an activating group) is 1. The van der Waals surface area contributed by atoms with Crippen LogP contribution in [0.1, 0.15) is 55.4 Å². The normalized spacial score (nSPS) is 17.3. The van der Waals surface area contributed by atoms with Crippen molar-refractivity contribution in [3.63, 3.8) is 0 Å². The summed E-state index contributed by atoms with van der Waals surface area (Å²) in [7, 11) is 1.98. The number of hydrogen-bond donors (Lipinski definition) is 2. The molecule has 3 aromatic rings. The molecule has 1 aromatic carbocycles. The number of fused-ring (bicyclic) bond motifs is 1. The monoisotopic (exact) mass is 409 g/mol. The van der Waals surface area contributed by atoms with Crippen molar-refractivity contribution in [2.75, 3.05) is 13.6 Å². The summed E-state index contributed by atoms with van der Waals surface area (Å²) in [6.07, 6.45) is 8.19. The van der Waals surface area contributed by atoms with Crippen LogP contribution in [0.2, 0.25) is 0 Å². The molecule has 1 aliphatic carbocycles. The molecule has 5 heteroatoms. The van der Waals surface area contributed by atoms with Crippen LogP contribution in [0.5, 0.6) is 0 Å². The Morgan fingerprint density at radius 2 is 2.00 bits per heavy atom. The Balaban J connectivity index is 1.48. The van der Waals surface area contributed by atoms with Gasteiger partial charge in [-0.3, -0.25) is 4.79 Å². The molecule has 0 aliphatic heterocycles. The van der Waals surface area contributed by atoms with Crippen molar-refractivity contribution in [3.05, 3.63) is 58.4 Å². The molecule has 2 heterocycles. The number of amides is 1. The molecule has 0 radical (unpaired) electrons. The van der Waals surface area contributed by atoms with E-state index in [-0.39, 0.29) is 17.9 Å². The molecule has 2 atom stereocenters. The minimum atomic E-state index is -0.186. The third-order valence-electron chi connectivity index (χ3n) is 6.35. The van der Waals surface area contributed by atoms with Crippen molar-refractivity contribution in [3.8, 4) is 0 Å². The van der Waals surface area contributed by atoms with Crippen LogP contribution in [-0.4, -0.2) is 41.5 Å². The summed E-state index contributed by atoms with van der Waals surface area (Å²) in [6, 6.07) is 13.0. The number of thiophene rings is 1. The van der Waals surface area contributed by atoms with Gasteiger partial charge in [0.1, 0.15) is 0 Å². The van der Waals surface area contributed by atoms with Gasteiger partial charge in [-0.15, -0.1) is 11.3 Å². The molecule has 1 fully saturated rings. The molecular weight excluding hydrogens is 378 g/mol. The van der Waals surface area contributed by atoms with Gasteiger partial charge >= 0.3 is 0 Å². The number of aromatic nitrogens is 1. The van der Waals surface area contributed by atoms with Crippen LogP contribution in [0.25, 0.3) is 10.9 Å². The largest absolute Gasteiger partial charge is 0.361 e. The second-order valence-electron chi connectivity index (χ2n) is 8.23. The van der Waals surface area contributed by atoms with E-state index in [2.05, 4.69) is 58.3 Å². The summed E-state index contributed by atoms with van der Waals surface area (Å²) in [4.78, 5) is 19.7. The SMILES string of the molecule is C[C@@H](NC[C@H](c1cccs1)c1c[nH]c2ccccc12)C(=O)N(C)C1CCCCC1. The van der Waals surface area contributed by atoms with E-state index in [1.54, 1.807) is 11.3 Å². The Morgan fingerprint density at radius 3 is 2.76 bits per heavy atom. The Bertz CT molecular complexity index is 927. The highest BCUT2D eigenvalue weighted by molar-refractivity contribution is 7.10. The molecule has 29 heavy (non-hydrogen) atoms. The number of hydrogen-bond acceptors (Lipinski definition) is 3. The summed E-state index contributed by atoms with van der Waals surface area (Å²) in [5, 5.41) is 6.93. The Kier molecular flexibility index (Phi) is 6.36. The number of carbonyl (C=O) groups excluding carboxylic acids is 1. The summed E-state index contributed by atoms with van der Waals surface area (Å²) in [5.74, 6) is 0.433. The second-order valence-corrected chi connectivity index (χ2v) is 9.21. The van der Waals surface area contributed by atoms with Gasteiger partial charge in [-0.05, 0) is 42.8 Å². The van der Waals surface area contributed by atoms with Gasteiger partial charge in [0.05, 0.1) is 6.04 Å². The van der Waals surface area contributed by atoms with E-state index in [1.807, 2.05) is 18.9 Å². The predicted octanol–water partition coefficient (Wildman–Crippen LogP) is 5.13. The molecule has 0 unspecified atom stereocenters. The minimum Gasteiger partial charge on any atom is -0.361 e. The molecule has 1 amide bonds. The standard InChI is InChI=1S/C24H31N3OS/c1-17(24(28)27(2)18-9-4-3-5-10-18)25-16-21(23-13-8-14-29-23)20-15-26-22-12-7-6-11-19(20)22/h6-8,11-15,17-18,21,25-26H,3-5,9-10,16H2,1-2H3/t17-,21+/m1/s1. The number of aromatic amines is 1. The zero-order valence-electron chi connectivity index (χ0n) is 17.4. The highest BCUT2D eigenvalue weighted by Gasteiger charge is 2.27. The first-order valence-electron chi connectivity index (χ1n) is 10.7. The van der Waals surface area contributed by atoms with Gasteiger partial charge in [-0.2, -0.15) is 0 Å². The first-order chi connectivity index (χ1) is 14.1. The Labute approximate surface area is 177 Å². The van der Waals surface area contributed by atoms with E-state index in [0.717, 1.165) is 24.9 Å². The molecule has 1 saturated carbocycles. The van der Waals surface area contributed by atoms with E-state index in [1.165, 1.54) is 35.1 Å². The van der Waals surface area contributed by atoms with Crippen molar-refractivity contribution in [2.24, 2.45) is 0 Å². The Morgan fingerprint density at radius 1 is 1.21 bits per heavy atom. The van der Waals surface area contributed by atoms with Crippen LogP contribution in [0.3, 0.4) is 0 Å². The molecule has 0 saturated heterocycles. The van der Waals surface area contributed by atoms with Gasteiger partial charge in [0.25, 0.3) is 0 Å². The number of para-hydroxylation sites is 1. The van der Waals surface area contributed by atoms with Gasteiger partial charge in [0, 0.05) is 47.5 Å².